The molecule has 1 saturated heterocycles. The van der Waals surface area contributed by atoms with Crippen LogP contribution in [0.4, 0.5) is 0 Å². The Labute approximate surface area is 119 Å². The summed E-state index contributed by atoms with van der Waals surface area (Å²) in [5.74, 6) is 0. The van der Waals surface area contributed by atoms with Crippen molar-refractivity contribution in [3.05, 3.63) is 48.5 Å². The molecule has 0 N–H and O–H groups in total. The van der Waals surface area contributed by atoms with Crippen LogP contribution in [0.5, 0.6) is 0 Å². The molecule has 0 bridgehead atoms. The van der Waals surface area contributed by atoms with Crippen LogP contribution in [0.2, 0.25) is 0 Å². The van der Waals surface area contributed by atoms with Gasteiger partial charge in [-0.1, -0.05) is 0 Å². The average molecular weight is 272 g/mol. The first-order chi connectivity index (χ1) is 9.90. The molecule has 1 atom stereocenters. The van der Waals surface area contributed by atoms with Crippen LogP contribution in [0.15, 0.2) is 43.0 Å². The molecule has 3 heterocycles. The van der Waals surface area contributed by atoms with Crippen LogP contribution in [0.3, 0.4) is 0 Å². The van der Waals surface area contributed by atoms with Crippen LogP contribution in [0.25, 0.3) is 0 Å². The van der Waals surface area contributed by atoms with Crippen molar-refractivity contribution in [2.24, 2.45) is 0 Å². The molecule has 0 saturated carbocycles. The van der Waals surface area contributed by atoms with E-state index in [0.717, 1.165) is 39.2 Å². The Bertz CT molecular complexity index is 500. The molecule has 5 nitrogen and oxygen atoms in total. The molecule has 0 unspecified atom stereocenters. The first kappa shape index (κ1) is 13.3. The van der Waals surface area contributed by atoms with Gasteiger partial charge in [-0.15, -0.1) is 0 Å². The van der Waals surface area contributed by atoms with E-state index in [4.69, 9.17) is 4.74 Å². The molecule has 0 radical (unpaired) electrons. The minimum atomic E-state index is 0.237. The maximum absolute atomic E-state index is 5.82. The molecular weight excluding hydrogens is 252 g/mol. The third-order valence-corrected chi connectivity index (χ3v) is 3.64. The van der Waals surface area contributed by atoms with Gasteiger partial charge in [0.05, 0.1) is 19.3 Å². The molecule has 1 aliphatic heterocycles. The highest BCUT2D eigenvalue weighted by Gasteiger charge is 2.20. The maximum atomic E-state index is 5.82. The zero-order chi connectivity index (χ0) is 13.6. The quantitative estimate of drug-likeness (QED) is 0.821. The van der Waals surface area contributed by atoms with Crippen LogP contribution in [0, 0.1) is 0 Å². The summed E-state index contributed by atoms with van der Waals surface area (Å²) >= 11 is 0. The van der Waals surface area contributed by atoms with Crippen molar-refractivity contribution in [1.82, 2.24) is 19.7 Å². The van der Waals surface area contributed by atoms with Gasteiger partial charge in [-0.05, 0) is 30.2 Å². The van der Waals surface area contributed by atoms with Crippen molar-refractivity contribution >= 4 is 0 Å². The van der Waals surface area contributed by atoms with Gasteiger partial charge in [0.1, 0.15) is 0 Å². The van der Waals surface area contributed by atoms with Crippen molar-refractivity contribution in [2.45, 2.75) is 19.1 Å². The van der Waals surface area contributed by atoms with E-state index >= 15 is 0 Å². The van der Waals surface area contributed by atoms with E-state index in [1.54, 1.807) is 0 Å². The summed E-state index contributed by atoms with van der Waals surface area (Å²) in [6.07, 6.45) is 8.81. The number of ether oxygens (including phenoxy) is 1. The fourth-order valence-electron chi connectivity index (χ4n) is 2.55. The van der Waals surface area contributed by atoms with Crippen molar-refractivity contribution in [3.63, 3.8) is 0 Å². The van der Waals surface area contributed by atoms with E-state index in [1.807, 2.05) is 35.5 Å². The van der Waals surface area contributed by atoms with Gasteiger partial charge in [0.2, 0.25) is 0 Å². The molecule has 5 heteroatoms. The lowest BCUT2D eigenvalue weighted by Gasteiger charge is -2.32. The molecule has 0 aliphatic carbocycles. The second-order valence-electron chi connectivity index (χ2n) is 5.13. The monoisotopic (exact) mass is 272 g/mol. The molecule has 0 spiro atoms. The summed E-state index contributed by atoms with van der Waals surface area (Å²) in [6.45, 7) is 4.70. The Balaban J connectivity index is 1.48. The van der Waals surface area contributed by atoms with Crippen LogP contribution in [0.1, 0.15) is 5.56 Å². The number of nitrogens with zero attached hydrogens (tertiary/aromatic N) is 4. The highest BCUT2D eigenvalue weighted by Crippen LogP contribution is 2.09. The Morgan fingerprint density at radius 2 is 2.15 bits per heavy atom. The Hall–Kier alpha value is -1.72. The largest absolute Gasteiger partial charge is 0.374 e. The lowest BCUT2D eigenvalue weighted by molar-refractivity contribution is -0.0370. The number of pyridine rings is 1. The number of hydrogen-bond acceptors (Lipinski definition) is 4. The lowest BCUT2D eigenvalue weighted by atomic mass is 10.2. The van der Waals surface area contributed by atoms with Gasteiger partial charge in [0.15, 0.2) is 0 Å². The minimum absolute atomic E-state index is 0.237. The Kier molecular flexibility index (Phi) is 4.40. The fraction of sp³-hybridized carbons (Fsp3) is 0.467. The van der Waals surface area contributed by atoms with Crippen molar-refractivity contribution < 1.29 is 4.74 Å². The zero-order valence-corrected chi connectivity index (χ0v) is 11.6. The van der Waals surface area contributed by atoms with E-state index in [0.29, 0.717) is 0 Å². The smallest absolute Gasteiger partial charge is 0.0898 e. The molecule has 2 aromatic rings. The summed E-state index contributed by atoms with van der Waals surface area (Å²) in [4.78, 5) is 6.52. The van der Waals surface area contributed by atoms with Gasteiger partial charge in [0.25, 0.3) is 0 Å². The van der Waals surface area contributed by atoms with Gasteiger partial charge in [0, 0.05) is 44.4 Å². The van der Waals surface area contributed by atoms with Crippen LogP contribution in [-0.2, 0) is 17.7 Å². The van der Waals surface area contributed by atoms with Crippen molar-refractivity contribution in [1.29, 1.82) is 0 Å². The standard InChI is InChI=1S/C15H20N4O/c1-5-17-19(8-1)13-15-12-18(10-11-20-15)9-4-14-2-6-16-7-3-14/h1-3,5-8,15H,4,9-13H2/t15-/m1/s1. The summed E-state index contributed by atoms with van der Waals surface area (Å²) < 4.78 is 7.76. The molecule has 1 aliphatic rings. The Morgan fingerprint density at radius 1 is 1.25 bits per heavy atom. The second kappa shape index (κ2) is 6.63. The number of rotatable bonds is 5. The van der Waals surface area contributed by atoms with Crippen molar-refractivity contribution in [3.8, 4) is 0 Å². The highest BCUT2D eigenvalue weighted by atomic mass is 16.5. The fourth-order valence-corrected chi connectivity index (χ4v) is 2.55. The Morgan fingerprint density at radius 3 is 2.95 bits per heavy atom. The normalized spacial score (nSPS) is 20.1. The van der Waals surface area contributed by atoms with Crippen LogP contribution >= 0.6 is 0 Å². The molecule has 3 rings (SSSR count). The zero-order valence-electron chi connectivity index (χ0n) is 11.6. The third-order valence-electron chi connectivity index (χ3n) is 3.64. The van der Waals surface area contributed by atoms with Crippen LogP contribution < -0.4 is 0 Å². The lowest BCUT2D eigenvalue weighted by Crippen LogP contribution is -2.44. The van der Waals surface area contributed by atoms with Gasteiger partial charge in [-0.2, -0.15) is 5.10 Å². The molecule has 0 aromatic carbocycles. The summed E-state index contributed by atoms with van der Waals surface area (Å²) in [6, 6.07) is 6.12. The first-order valence-electron chi connectivity index (χ1n) is 7.10. The molecular formula is C15H20N4O. The average Bonchev–Trinajstić information content (AvgIpc) is 3.00. The van der Waals surface area contributed by atoms with Gasteiger partial charge in [-0.3, -0.25) is 14.6 Å². The predicted molar refractivity (Wildman–Crippen MR) is 76.3 cm³/mol. The summed E-state index contributed by atoms with van der Waals surface area (Å²) in [7, 11) is 0. The molecule has 2 aromatic heterocycles. The first-order valence-corrected chi connectivity index (χ1v) is 7.10. The van der Waals surface area contributed by atoms with E-state index < -0.39 is 0 Å². The minimum Gasteiger partial charge on any atom is -0.374 e. The number of hydrogen-bond donors (Lipinski definition) is 0. The van der Waals surface area contributed by atoms with E-state index in [9.17, 15) is 0 Å². The molecule has 0 amide bonds. The molecule has 20 heavy (non-hydrogen) atoms. The SMILES string of the molecule is c1cnn(C[C@H]2CN(CCc3ccncc3)CCO2)c1. The second-order valence-corrected chi connectivity index (χ2v) is 5.13. The van der Waals surface area contributed by atoms with E-state index in [-0.39, 0.29) is 6.10 Å². The predicted octanol–water partition coefficient (Wildman–Crippen LogP) is 1.22. The van der Waals surface area contributed by atoms with Crippen molar-refractivity contribution in [2.75, 3.05) is 26.2 Å². The topological polar surface area (TPSA) is 43.2 Å². The molecule has 106 valence electrons. The van der Waals surface area contributed by atoms with Gasteiger partial charge >= 0.3 is 0 Å². The van der Waals surface area contributed by atoms with Gasteiger partial charge < -0.3 is 4.74 Å². The van der Waals surface area contributed by atoms with Gasteiger partial charge in [-0.25, -0.2) is 0 Å². The number of morpholine rings is 1. The maximum Gasteiger partial charge on any atom is 0.0898 e. The third kappa shape index (κ3) is 3.65. The summed E-state index contributed by atoms with van der Waals surface area (Å²) in [5, 5.41) is 4.24. The van der Waals surface area contributed by atoms with E-state index in [2.05, 4.69) is 27.1 Å². The van der Waals surface area contributed by atoms with Crippen LogP contribution in [-0.4, -0.2) is 52.0 Å². The summed E-state index contributed by atoms with van der Waals surface area (Å²) in [5.41, 5.74) is 1.34. The molecule has 1 fully saturated rings. The van der Waals surface area contributed by atoms with E-state index in [1.165, 1.54) is 5.56 Å². The number of aromatic nitrogens is 3. The highest BCUT2D eigenvalue weighted by molar-refractivity contribution is 5.09.